The lowest BCUT2D eigenvalue weighted by Gasteiger charge is -2.08. The number of rotatable bonds is 2. The number of halogens is 1. The molecule has 0 atom stereocenters. The highest BCUT2D eigenvalue weighted by Crippen LogP contribution is 2.33. The lowest BCUT2D eigenvalue weighted by Crippen LogP contribution is -1.91. The first-order valence-electron chi connectivity index (χ1n) is 6.22. The number of benzene rings is 2. The SMILES string of the molecule is Cn1ccc(-c2ccccc2)c1-c1ccc(Cl)cc1. The summed E-state index contributed by atoms with van der Waals surface area (Å²) in [5, 5.41) is 0.763. The maximum absolute atomic E-state index is 5.96. The van der Waals surface area contributed by atoms with Crippen LogP contribution in [0, 0.1) is 0 Å². The molecule has 0 unspecified atom stereocenters. The predicted octanol–water partition coefficient (Wildman–Crippen LogP) is 5.01. The zero-order chi connectivity index (χ0) is 13.2. The largest absolute Gasteiger partial charge is 0.350 e. The molecule has 0 N–H and O–H groups in total. The van der Waals surface area contributed by atoms with Crippen molar-refractivity contribution in [2.45, 2.75) is 0 Å². The molecule has 3 aromatic rings. The first-order valence-corrected chi connectivity index (χ1v) is 6.60. The third kappa shape index (κ3) is 2.29. The molecule has 0 amide bonds. The van der Waals surface area contributed by atoms with Crippen LogP contribution in [-0.2, 0) is 7.05 Å². The predicted molar refractivity (Wildman–Crippen MR) is 81.3 cm³/mol. The average molecular weight is 268 g/mol. The lowest BCUT2D eigenvalue weighted by molar-refractivity contribution is 0.937. The molecule has 0 spiro atoms. The third-order valence-electron chi connectivity index (χ3n) is 3.28. The van der Waals surface area contributed by atoms with Gasteiger partial charge >= 0.3 is 0 Å². The van der Waals surface area contributed by atoms with Crippen molar-refractivity contribution in [1.82, 2.24) is 4.57 Å². The van der Waals surface area contributed by atoms with Crippen LogP contribution in [0.25, 0.3) is 22.4 Å². The highest BCUT2D eigenvalue weighted by molar-refractivity contribution is 6.30. The van der Waals surface area contributed by atoms with Crippen molar-refractivity contribution >= 4 is 11.6 Å². The van der Waals surface area contributed by atoms with Crippen LogP contribution in [0.15, 0.2) is 66.9 Å². The summed E-state index contributed by atoms with van der Waals surface area (Å²) in [6, 6.07) is 20.6. The Balaban J connectivity index is 2.17. The van der Waals surface area contributed by atoms with E-state index in [-0.39, 0.29) is 0 Å². The van der Waals surface area contributed by atoms with Gasteiger partial charge in [0.05, 0.1) is 5.69 Å². The third-order valence-corrected chi connectivity index (χ3v) is 3.53. The summed E-state index contributed by atoms with van der Waals surface area (Å²) in [6.07, 6.45) is 2.09. The van der Waals surface area contributed by atoms with Crippen LogP contribution in [0.2, 0.25) is 5.02 Å². The van der Waals surface area contributed by atoms with E-state index in [0.717, 1.165) is 5.02 Å². The first kappa shape index (κ1) is 12.1. The molecular weight excluding hydrogens is 254 g/mol. The summed E-state index contributed by atoms with van der Waals surface area (Å²) in [5.41, 5.74) is 4.86. The molecule has 0 aliphatic heterocycles. The van der Waals surface area contributed by atoms with Crippen molar-refractivity contribution in [3.05, 3.63) is 71.9 Å². The standard InChI is InChI=1S/C17H14ClN/c1-19-12-11-16(13-5-3-2-4-6-13)17(19)14-7-9-15(18)10-8-14/h2-12H,1H3. The highest BCUT2D eigenvalue weighted by atomic mass is 35.5. The van der Waals surface area contributed by atoms with Crippen LogP contribution in [-0.4, -0.2) is 4.57 Å². The molecule has 1 aromatic heterocycles. The Labute approximate surface area is 118 Å². The van der Waals surface area contributed by atoms with Crippen LogP contribution in [0.5, 0.6) is 0 Å². The van der Waals surface area contributed by atoms with Gasteiger partial charge in [-0.2, -0.15) is 0 Å². The molecule has 0 aliphatic carbocycles. The molecule has 2 heteroatoms. The zero-order valence-corrected chi connectivity index (χ0v) is 11.4. The number of hydrogen-bond donors (Lipinski definition) is 0. The minimum atomic E-state index is 0.763. The van der Waals surface area contributed by atoms with Crippen molar-refractivity contribution in [1.29, 1.82) is 0 Å². The van der Waals surface area contributed by atoms with E-state index in [2.05, 4.69) is 60.3 Å². The summed E-state index contributed by atoms with van der Waals surface area (Å²) in [4.78, 5) is 0. The van der Waals surface area contributed by atoms with E-state index in [0.29, 0.717) is 0 Å². The number of nitrogens with zero attached hydrogens (tertiary/aromatic N) is 1. The highest BCUT2D eigenvalue weighted by Gasteiger charge is 2.10. The van der Waals surface area contributed by atoms with Gasteiger partial charge in [-0.15, -0.1) is 0 Å². The van der Waals surface area contributed by atoms with Gasteiger partial charge in [-0.25, -0.2) is 0 Å². The van der Waals surface area contributed by atoms with Crippen LogP contribution in [0.4, 0.5) is 0 Å². The van der Waals surface area contributed by atoms with Gasteiger partial charge in [0, 0.05) is 23.8 Å². The minimum absolute atomic E-state index is 0.763. The molecule has 19 heavy (non-hydrogen) atoms. The number of hydrogen-bond acceptors (Lipinski definition) is 0. The second-order valence-corrected chi connectivity index (χ2v) is 5.00. The van der Waals surface area contributed by atoms with Crippen molar-refractivity contribution in [2.24, 2.45) is 7.05 Å². The second kappa shape index (κ2) is 4.94. The number of aryl methyl sites for hydroxylation is 1. The van der Waals surface area contributed by atoms with E-state index >= 15 is 0 Å². The maximum atomic E-state index is 5.96. The van der Waals surface area contributed by atoms with Crippen molar-refractivity contribution in [3.8, 4) is 22.4 Å². The molecule has 2 aromatic carbocycles. The molecule has 0 fully saturated rings. The summed E-state index contributed by atoms with van der Waals surface area (Å²) < 4.78 is 2.14. The molecule has 0 bridgehead atoms. The van der Waals surface area contributed by atoms with E-state index in [1.165, 1.54) is 22.4 Å². The van der Waals surface area contributed by atoms with E-state index < -0.39 is 0 Å². The fourth-order valence-electron chi connectivity index (χ4n) is 2.35. The molecule has 94 valence electrons. The van der Waals surface area contributed by atoms with E-state index in [9.17, 15) is 0 Å². The van der Waals surface area contributed by atoms with E-state index in [1.54, 1.807) is 0 Å². The Hall–Kier alpha value is -1.99. The molecule has 3 rings (SSSR count). The zero-order valence-electron chi connectivity index (χ0n) is 10.7. The summed E-state index contributed by atoms with van der Waals surface area (Å²) in [6.45, 7) is 0. The Morgan fingerprint density at radius 2 is 1.47 bits per heavy atom. The molecular formula is C17H14ClN. The number of aromatic nitrogens is 1. The van der Waals surface area contributed by atoms with Gasteiger partial charge in [-0.05, 0) is 29.3 Å². The van der Waals surface area contributed by atoms with Crippen molar-refractivity contribution < 1.29 is 0 Å². The Morgan fingerprint density at radius 1 is 0.789 bits per heavy atom. The Kier molecular flexibility index (Phi) is 3.14. The van der Waals surface area contributed by atoms with Crippen LogP contribution in [0.1, 0.15) is 0 Å². The van der Waals surface area contributed by atoms with Gasteiger partial charge in [0.15, 0.2) is 0 Å². The van der Waals surface area contributed by atoms with Gasteiger partial charge in [-0.1, -0.05) is 54.1 Å². The smallest absolute Gasteiger partial charge is 0.0557 e. The molecule has 0 aliphatic rings. The summed E-state index contributed by atoms with van der Waals surface area (Å²) >= 11 is 5.96. The van der Waals surface area contributed by atoms with Gasteiger partial charge in [0.1, 0.15) is 0 Å². The minimum Gasteiger partial charge on any atom is -0.350 e. The topological polar surface area (TPSA) is 4.93 Å². The van der Waals surface area contributed by atoms with Gasteiger partial charge in [-0.3, -0.25) is 0 Å². The Morgan fingerprint density at radius 3 is 2.16 bits per heavy atom. The molecule has 1 nitrogen and oxygen atoms in total. The van der Waals surface area contributed by atoms with E-state index in [1.807, 2.05) is 18.2 Å². The van der Waals surface area contributed by atoms with Crippen LogP contribution in [0.3, 0.4) is 0 Å². The van der Waals surface area contributed by atoms with Crippen LogP contribution < -0.4 is 0 Å². The first-order chi connectivity index (χ1) is 9.25. The van der Waals surface area contributed by atoms with Crippen LogP contribution >= 0.6 is 11.6 Å². The molecule has 0 saturated carbocycles. The monoisotopic (exact) mass is 267 g/mol. The second-order valence-electron chi connectivity index (χ2n) is 4.56. The molecule has 0 radical (unpaired) electrons. The average Bonchev–Trinajstić information content (AvgIpc) is 2.83. The van der Waals surface area contributed by atoms with E-state index in [4.69, 9.17) is 11.6 Å². The fraction of sp³-hybridized carbons (Fsp3) is 0.0588. The molecule has 0 saturated heterocycles. The molecule has 1 heterocycles. The summed E-state index contributed by atoms with van der Waals surface area (Å²) in [5.74, 6) is 0. The summed E-state index contributed by atoms with van der Waals surface area (Å²) in [7, 11) is 2.07. The Bertz CT molecular complexity index is 681. The quantitative estimate of drug-likeness (QED) is 0.615. The van der Waals surface area contributed by atoms with Gasteiger partial charge < -0.3 is 4.57 Å². The van der Waals surface area contributed by atoms with Crippen molar-refractivity contribution in [3.63, 3.8) is 0 Å². The maximum Gasteiger partial charge on any atom is 0.0557 e. The van der Waals surface area contributed by atoms with Crippen molar-refractivity contribution in [2.75, 3.05) is 0 Å². The normalized spacial score (nSPS) is 10.6. The fourth-order valence-corrected chi connectivity index (χ4v) is 2.47. The van der Waals surface area contributed by atoms with Gasteiger partial charge in [0.2, 0.25) is 0 Å². The lowest BCUT2D eigenvalue weighted by atomic mass is 10.0. The van der Waals surface area contributed by atoms with Gasteiger partial charge in [0.25, 0.3) is 0 Å².